The van der Waals surface area contributed by atoms with Crippen molar-refractivity contribution in [2.75, 3.05) is 33.9 Å². The van der Waals surface area contributed by atoms with Gasteiger partial charge in [-0.2, -0.15) is 0 Å². The molecule has 0 fully saturated rings. The van der Waals surface area contributed by atoms with Crippen LogP contribution >= 0.6 is 0 Å². The third-order valence-electron chi connectivity index (χ3n) is 4.50. The Kier molecular flexibility index (Phi) is 9.34. The van der Waals surface area contributed by atoms with Crippen LogP contribution in [0.5, 0.6) is 11.5 Å². The maximum atomic E-state index is 10.5. The van der Waals surface area contributed by atoms with Crippen LogP contribution in [0.3, 0.4) is 0 Å². The molecule has 0 aliphatic carbocycles. The van der Waals surface area contributed by atoms with E-state index in [0.29, 0.717) is 31.4 Å². The molecule has 1 aromatic heterocycles. The zero-order valence-corrected chi connectivity index (χ0v) is 17.4. The van der Waals surface area contributed by atoms with Gasteiger partial charge in [-0.3, -0.25) is 4.90 Å². The summed E-state index contributed by atoms with van der Waals surface area (Å²) in [5.74, 6) is 2.79. The summed E-state index contributed by atoms with van der Waals surface area (Å²) in [6.45, 7) is 7.09. The van der Waals surface area contributed by atoms with E-state index < -0.39 is 6.10 Å². The van der Waals surface area contributed by atoms with Gasteiger partial charge in [0.15, 0.2) is 11.5 Å². The maximum absolute atomic E-state index is 10.5. The number of aliphatic hydroxyl groups is 1. The highest BCUT2D eigenvalue weighted by molar-refractivity contribution is 5.46. The highest BCUT2D eigenvalue weighted by Crippen LogP contribution is 2.31. The minimum Gasteiger partial charge on any atom is -0.493 e. The standard InChI is InChI=1S/C22H33NO5/c1-17(2)10-11-23(13-18-7-5-9-21(25-3)22(18)26-4)14-19(24)15-27-16-20-8-6-12-28-20/h5-9,12,17,19,24H,10-11,13-16H2,1-4H3/t19-/m0/s1. The normalized spacial score (nSPS) is 12.5. The van der Waals surface area contributed by atoms with Gasteiger partial charge in [-0.15, -0.1) is 0 Å². The van der Waals surface area contributed by atoms with Crippen molar-refractivity contribution in [3.63, 3.8) is 0 Å². The molecule has 0 unspecified atom stereocenters. The predicted molar refractivity (Wildman–Crippen MR) is 109 cm³/mol. The Morgan fingerprint density at radius 2 is 1.93 bits per heavy atom. The largest absolute Gasteiger partial charge is 0.493 e. The summed E-state index contributed by atoms with van der Waals surface area (Å²) in [5.41, 5.74) is 1.04. The van der Waals surface area contributed by atoms with Crippen LogP contribution in [0, 0.1) is 5.92 Å². The van der Waals surface area contributed by atoms with E-state index in [0.717, 1.165) is 30.0 Å². The second kappa shape index (κ2) is 11.7. The van der Waals surface area contributed by atoms with Gasteiger partial charge in [0.25, 0.3) is 0 Å². The molecule has 1 heterocycles. The van der Waals surface area contributed by atoms with Gasteiger partial charge in [0, 0.05) is 18.7 Å². The first-order valence-corrected chi connectivity index (χ1v) is 9.73. The molecular weight excluding hydrogens is 358 g/mol. The molecular formula is C22H33NO5. The van der Waals surface area contributed by atoms with Gasteiger partial charge in [-0.25, -0.2) is 0 Å². The molecule has 0 amide bonds. The van der Waals surface area contributed by atoms with Gasteiger partial charge in [-0.1, -0.05) is 26.0 Å². The van der Waals surface area contributed by atoms with E-state index in [1.54, 1.807) is 20.5 Å². The molecule has 0 aliphatic rings. The van der Waals surface area contributed by atoms with Crippen molar-refractivity contribution in [1.29, 1.82) is 0 Å². The lowest BCUT2D eigenvalue weighted by molar-refractivity contribution is 0.00316. The fourth-order valence-electron chi connectivity index (χ4n) is 3.04. The van der Waals surface area contributed by atoms with Crippen LogP contribution in [0.15, 0.2) is 41.0 Å². The topological polar surface area (TPSA) is 64.3 Å². The predicted octanol–water partition coefficient (Wildman–Crippen LogP) is 3.72. The molecule has 2 aromatic rings. The molecule has 1 aromatic carbocycles. The van der Waals surface area contributed by atoms with E-state index >= 15 is 0 Å². The monoisotopic (exact) mass is 391 g/mol. The zero-order chi connectivity index (χ0) is 20.4. The lowest BCUT2D eigenvalue weighted by Gasteiger charge is -2.27. The third kappa shape index (κ3) is 7.19. The van der Waals surface area contributed by atoms with Crippen LogP contribution in [0.4, 0.5) is 0 Å². The van der Waals surface area contributed by atoms with Gasteiger partial charge in [0.05, 0.1) is 33.2 Å². The summed E-state index contributed by atoms with van der Waals surface area (Å²) >= 11 is 0. The van der Waals surface area contributed by atoms with Crippen LogP contribution in [0.25, 0.3) is 0 Å². The van der Waals surface area contributed by atoms with Crippen molar-refractivity contribution in [3.8, 4) is 11.5 Å². The van der Waals surface area contributed by atoms with Gasteiger partial charge < -0.3 is 23.7 Å². The summed E-state index contributed by atoms with van der Waals surface area (Å²) in [4.78, 5) is 2.23. The highest BCUT2D eigenvalue weighted by Gasteiger charge is 2.17. The number of furan rings is 1. The molecule has 1 N–H and O–H groups in total. The summed E-state index contributed by atoms with van der Waals surface area (Å²) in [5, 5.41) is 10.5. The van der Waals surface area contributed by atoms with Crippen LogP contribution in [-0.2, 0) is 17.9 Å². The van der Waals surface area contributed by atoms with Crippen LogP contribution < -0.4 is 9.47 Å². The van der Waals surface area contributed by atoms with Crippen molar-refractivity contribution < 1.29 is 23.7 Å². The summed E-state index contributed by atoms with van der Waals surface area (Å²) in [6, 6.07) is 9.56. The fourth-order valence-corrected chi connectivity index (χ4v) is 3.04. The smallest absolute Gasteiger partial charge is 0.165 e. The molecule has 0 aliphatic heterocycles. The highest BCUT2D eigenvalue weighted by atomic mass is 16.5. The van der Waals surface area contributed by atoms with E-state index in [1.807, 2.05) is 30.3 Å². The van der Waals surface area contributed by atoms with Crippen LogP contribution in [0.1, 0.15) is 31.6 Å². The minimum absolute atomic E-state index is 0.258. The zero-order valence-electron chi connectivity index (χ0n) is 17.4. The molecule has 6 nitrogen and oxygen atoms in total. The average Bonchev–Trinajstić information content (AvgIpc) is 3.19. The maximum Gasteiger partial charge on any atom is 0.165 e. The first-order chi connectivity index (χ1) is 13.5. The summed E-state index contributed by atoms with van der Waals surface area (Å²) < 4.78 is 21.8. The summed E-state index contributed by atoms with van der Waals surface area (Å²) in [6.07, 6.45) is 2.08. The van der Waals surface area contributed by atoms with E-state index in [2.05, 4.69) is 18.7 Å². The second-order valence-electron chi connectivity index (χ2n) is 7.32. The van der Waals surface area contributed by atoms with Crippen LogP contribution in [0.2, 0.25) is 0 Å². The first kappa shape index (κ1) is 22.3. The van der Waals surface area contributed by atoms with E-state index in [4.69, 9.17) is 18.6 Å². The minimum atomic E-state index is -0.585. The van der Waals surface area contributed by atoms with Gasteiger partial charge >= 0.3 is 0 Å². The Balaban J connectivity index is 1.96. The average molecular weight is 392 g/mol. The second-order valence-corrected chi connectivity index (χ2v) is 7.32. The quantitative estimate of drug-likeness (QED) is 0.561. The number of methoxy groups -OCH3 is 2. The van der Waals surface area contributed by atoms with Crippen molar-refractivity contribution >= 4 is 0 Å². The molecule has 0 bridgehead atoms. The Labute approximate surface area is 168 Å². The Hall–Kier alpha value is -2.02. The number of benzene rings is 1. The number of ether oxygens (including phenoxy) is 3. The fraction of sp³-hybridized carbons (Fsp3) is 0.545. The number of hydrogen-bond donors (Lipinski definition) is 1. The SMILES string of the molecule is COc1cccc(CN(CCC(C)C)C[C@H](O)COCc2ccco2)c1OC. The van der Waals surface area contributed by atoms with Gasteiger partial charge in [0.1, 0.15) is 12.4 Å². The van der Waals surface area contributed by atoms with Crippen molar-refractivity contribution in [1.82, 2.24) is 4.90 Å². The molecule has 1 atom stereocenters. The molecule has 0 saturated carbocycles. The molecule has 28 heavy (non-hydrogen) atoms. The van der Waals surface area contributed by atoms with Crippen molar-refractivity contribution in [2.24, 2.45) is 5.92 Å². The number of aliphatic hydroxyl groups excluding tert-OH is 1. The number of rotatable bonds is 13. The summed E-state index contributed by atoms with van der Waals surface area (Å²) in [7, 11) is 3.29. The van der Waals surface area contributed by atoms with Crippen molar-refractivity contribution in [2.45, 2.75) is 39.5 Å². The van der Waals surface area contributed by atoms with Gasteiger partial charge in [0.2, 0.25) is 0 Å². The number of para-hydroxylation sites is 1. The van der Waals surface area contributed by atoms with Crippen molar-refractivity contribution in [3.05, 3.63) is 47.9 Å². The Morgan fingerprint density at radius 1 is 1.11 bits per heavy atom. The molecule has 156 valence electrons. The molecule has 0 spiro atoms. The van der Waals surface area contributed by atoms with E-state index in [1.165, 1.54) is 0 Å². The van der Waals surface area contributed by atoms with E-state index in [-0.39, 0.29) is 6.61 Å². The van der Waals surface area contributed by atoms with Crippen LogP contribution in [-0.4, -0.2) is 50.0 Å². The lowest BCUT2D eigenvalue weighted by atomic mass is 10.1. The lowest BCUT2D eigenvalue weighted by Crippen LogP contribution is -2.35. The molecule has 0 saturated heterocycles. The third-order valence-corrected chi connectivity index (χ3v) is 4.50. The number of nitrogens with zero attached hydrogens (tertiary/aromatic N) is 1. The van der Waals surface area contributed by atoms with Gasteiger partial charge in [-0.05, 0) is 37.1 Å². The Bertz CT molecular complexity index is 672. The Morgan fingerprint density at radius 3 is 2.57 bits per heavy atom. The first-order valence-electron chi connectivity index (χ1n) is 9.73. The molecule has 6 heteroatoms. The number of hydrogen-bond acceptors (Lipinski definition) is 6. The van der Waals surface area contributed by atoms with E-state index in [9.17, 15) is 5.11 Å². The molecule has 0 radical (unpaired) electrons. The molecule has 2 rings (SSSR count).